The van der Waals surface area contributed by atoms with Crippen LogP contribution in [0.2, 0.25) is 0 Å². The Hall–Kier alpha value is -7.14. The molecule has 16 heteroatoms. The van der Waals surface area contributed by atoms with Gasteiger partial charge in [0.1, 0.15) is 46.0 Å². The van der Waals surface area contributed by atoms with E-state index in [2.05, 4.69) is 130 Å². The van der Waals surface area contributed by atoms with Crippen molar-refractivity contribution < 1.29 is 19.1 Å². The average Bonchev–Trinajstić information content (AvgIpc) is 3.51. The minimum atomic E-state index is -0.520. The highest BCUT2D eigenvalue weighted by Crippen LogP contribution is 2.38. The summed E-state index contributed by atoms with van der Waals surface area (Å²) in [6.07, 6.45) is 25.0. The standard InChI is InChI=1S/C21H19N3O.C14H15BrN2O.C10H16O3.C8H14O.C7H5N.C5H5BrN2/c1-21(2)10-8-18-17(14-21)20(25)24-12-9-15(13-19(24)23-18)6-7-16-5-3-4-11-22-16;1-14(2)5-3-11-10(8-14)13(18)17-6-4-9(15)7-12(17)16-11;1-10(2)5-4-8(11)7(6-10)9(12)13-3;1-8(2)5-3-7(9)4-6-8;1-2-7-5-3-4-6-8-7;6-4-1-2-8-5(7)3-4/h3-5,9,11-13H,8,10,14H2,1-2H3;4,6-7H,3,5,8H2,1-2H3;7H,4-6H2,1-3H3;3-6H2,1-2H3;1,3-6H;1-3H,(H2,7,8). The minimum Gasteiger partial charge on any atom is -0.468 e. The van der Waals surface area contributed by atoms with Gasteiger partial charge in [-0.05, 0) is 152 Å². The largest absolute Gasteiger partial charge is 0.468 e. The van der Waals surface area contributed by atoms with Gasteiger partial charge < -0.3 is 10.5 Å². The molecule has 0 radical (unpaired) electrons. The number of terminal acetylenes is 1. The molecular weight excluding hydrogens is 1150 g/mol. The Bertz CT molecular complexity index is 3560. The molecule has 2 N–H and O–H groups in total. The van der Waals surface area contributed by atoms with E-state index in [1.165, 1.54) is 7.11 Å². The Morgan fingerprint density at radius 2 is 1.14 bits per heavy atom. The van der Waals surface area contributed by atoms with Crippen LogP contribution in [-0.2, 0) is 44.8 Å². The topological polar surface area (TPSA) is 194 Å². The number of methoxy groups -OCH3 is 1. The first-order valence-corrected chi connectivity index (χ1v) is 28.9. The third-order valence-corrected chi connectivity index (χ3v) is 15.8. The number of halogens is 2. The number of nitrogens with zero attached hydrogens (tertiary/aromatic N) is 7. The highest BCUT2D eigenvalue weighted by Gasteiger charge is 2.38. The van der Waals surface area contributed by atoms with E-state index in [0.717, 1.165) is 119 Å². The van der Waals surface area contributed by atoms with Crippen LogP contribution in [0.15, 0.2) is 122 Å². The summed E-state index contributed by atoms with van der Waals surface area (Å²) in [7, 11) is 1.33. The number of ketones is 2. The van der Waals surface area contributed by atoms with Crippen molar-refractivity contribution in [3.8, 4) is 24.2 Å². The van der Waals surface area contributed by atoms with Gasteiger partial charge in [0.05, 0.1) is 18.5 Å². The van der Waals surface area contributed by atoms with Crippen LogP contribution in [-0.4, -0.2) is 58.4 Å². The van der Waals surface area contributed by atoms with Crippen LogP contribution in [0, 0.1) is 51.8 Å². The van der Waals surface area contributed by atoms with Crippen molar-refractivity contribution in [2.75, 3.05) is 12.8 Å². The molecule has 7 aromatic rings. The molecule has 4 aliphatic carbocycles. The monoisotopic (exact) mass is 1220 g/mol. The number of hydrogen-bond donors (Lipinski definition) is 1. The maximum Gasteiger partial charge on any atom is 0.316 e. The van der Waals surface area contributed by atoms with E-state index in [4.69, 9.17) is 17.1 Å². The van der Waals surface area contributed by atoms with E-state index in [-0.39, 0.29) is 39.1 Å². The molecule has 7 aromatic heterocycles. The quantitative estimate of drug-likeness (QED) is 0.0930. The minimum absolute atomic E-state index is 0.0335. The van der Waals surface area contributed by atoms with Crippen molar-refractivity contribution in [3.05, 3.63) is 173 Å². The molecular formula is C65H74Br2N8O6. The molecule has 0 aliphatic heterocycles. The molecule has 0 amide bonds. The molecule has 2 fully saturated rings. The molecule has 2 saturated carbocycles. The fraction of sp³-hybridized carbons (Fsp3) is 0.415. The second-order valence-electron chi connectivity index (χ2n) is 23.9. The van der Waals surface area contributed by atoms with Crippen LogP contribution in [0.4, 0.5) is 5.82 Å². The zero-order valence-corrected chi connectivity index (χ0v) is 51.2. The zero-order chi connectivity index (χ0) is 59.1. The molecule has 424 valence electrons. The summed E-state index contributed by atoms with van der Waals surface area (Å²) in [5.74, 6) is 8.68. The molecule has 0 saturated heterocycles. The Labute approximate surface area is 492 Å². The second-order valence-corrected chi connectivity index (χ2v) is 25.8. The lowest BCUT2D eigenvalue weighted by Crippen LogP contribution is -2.35. The van der Waals surface area contributed by atoms with E-state index < -0.39 is 5.92 Å². The molecule has 0 bridgehead atoms. The summed E-state index contributed by atoms with van der Waals surface area (Å²) in [4.78, 5) is 79.9. The van der Waals surface area contributed by atoms with E-state index in [1.54, 1.807) is 51.9 Å². The number of fused-ring (bicyclic) bond motifs is 4. The number of nitrogen functional groups attached to an aromatic ring is 1. The number of nitrogens with two attached hydrogens (primary N) is 1. The van der Waals surface area contributed by atoms with Crippen LogP contribution in [0.3, 0.4) is 0 Å². The molecule has 14 nitrogen and oxygen atoms in total. The van der Waals surface area contributed by atoms with Crippen LogP contribution < -0.4 is 16.9 Å². The number of rotatable bonds is 1. The van der Waals surface area contributed by atoms with Gasteiger partial charge in [0.15, 0.2) is 0 Å². The fourth-order valence-corrected chi connectivity index (χ4v) is 10.4. The summed E-state index contributed by atoms with van der Waals surface area (Å²) in [6, 6.07) is 22.2. The number of aryl methyl sites for hydroxylation is 2. The van der Waals surface area contributed by atoms with E-state index >= 15 is 0 Å². The summed E-state index contributed by atoms with van der Waals surface area (Å²) in [6.45, 7) is 17.5. The highest BCUT2D eigenvalue weighted by molar-refractivity contribution is 9.10. The molecule has 11 rings (SSSR count). The van der Waals surface area contributed by atoms with E-state index in [0.29, 0.717) is 41.2 Å². The van der Waals surface area contributed by atoms with Crippen molar-refractivity contribution in [2.24, 2.45) is 27.6 Å². The lowest BCUT2D eigenvalue weighted by Gasteiger charge is -2.32. The van der Waals surface area contributed by atoms with Gasteiger partial charge >= 0.3 is 5.97 Å². The molecule has 1 atom stereocenters. The Morgan fingerprint density at radius 1 is 0.617 bits per heavy atom. The summed E-state index contributed by atoms with van der Waals surface area (Å²) in [5, 5.41) is 0. The summed E-state index contributed by atoms with van der Waals surface area (Å²) >= 11 is 6.66. The molecule has 81 heavy (non-hydrogen) atoms. The van der Waals surface area contributed by atoms with Crippen LogP contribution in [0.25, 0.3) is 11.3 Å². The predicted octanol–water partition coefficient (Wildman–Crippen LogP) is 12.2. The third kappa shape index (κ3) is 19.0. The van der Waals surface area contributed by atoms with Gasteiger partial charge in [-0.3, -0.25) is 32.8 Å². The number of esters is 1. The van der Waals surface area contributed by atoms with Gasteiger partial charge in [-0.2, -0.15) is 0 Å². The lowest BCUT2D eigenvalue weighted by atomic mass is 9.71. The normalized spacial score (nSPS) is 17.6. The van der Waals surface area contributed by atoms with Crippen LogP contribution in [0.5, 0.6) is 0 Å². The van der Waals surface area contributed by atoms with Gasteiger partial charge in [-0.1, -0.05) is 111 Å². The number of ether oxygens (including phenoxy) is 1. The van der Waals surface area contributed by atoms with Crippen molar-refractivity contribution in [1.29, 1.82) is 0 Å². The lowest BCUT2D eigenvalue weighted by molar-refractivity contribution is -0.152. The number of carbonyl (C=O) groups excluding carboxylic acids is 3. The first kappa shape index (κ1) is 63.0. The number of aromatic nitrogens is 7. The van der Waals surface area contributed by atoms with Crippen molar-refractivity contribution in [2.45, 2.75) is 139 Å². The molecule has 0 aromatic carbocycles. The maximum atomic E-state index is 12.8. The van der Waals surface area contributed by atoms with E-state index in [9.17, 15) is 24.0 Å². The van der Waals surface area contributed by atoms with Gasteiger partial charge in [-0.25, -0.2) is 24.9 Å². The Morgan fingerprint density at radius 3 is 1.62 bits per heavy atom. The predicted molar refractivity (Wildman–Crippen MR) is 326 cm³/mol. The number of anilines is 1. The van der Waals surface area contributed by atoms with Crippen LogP contribution in [0.1, 0.15) is 153 Å². The van der Waals surface area contributed by atoms with Gasteiger partial charge in [-0.15, -0.1) is 6.42 Å². The number of pyridine rings is 5. The Balaban J connectivity index is 0.000000166. The average molecular weight is 1220 g/mol. The number of hydrogen-bond acceptors (Lipinski definition) is 12. The number of Topliss-reactive ketones (excluding diaryl/α,β-unsaturated/α-hetero) is 2. The van der Waals surface area contributed by atoms with Crippen LogP contribution >= 0.6 is 31.9 Å². The summed E-state index contributed by atoms with van der Waals surface area (Å²) < 4.78 is 9.78. The Kier molecular flexibility index (Phi) is 21.8. The zero-order valence-electron chi connectivity index (χ0n) is 48.1. The molecule has 4 aliphatic rings. The van der Waals surface area contributed by atoms with E-state index in [1.807, 2.05) is 60.7 Å². The van der Waals surface area contributed by atoms with Crippen molar-refractivity contribution in [3.63, 3.8) is 0 Å². The SMILES string of the molecule is C#Cc1ccccn1.CC1(C)CCC(=O)CC1.CC1(C)CCc2nc3cc(Br)ccn3c(=O)c2C1.CC1(C)CCc2nc3cc(C#Cc4ccccn4)ccn3c(=O)c2C1.COC(=O)C1CC(C)(C)CCC1=O.Nc1cc(Br)ccn1. The first-order valence-electron chi connectivity index (χ1n) is 27.3. The van der Waals surface area contributed by atoms with Gasteiger partial charge in [0.2, 0.25) is 0 Å². The fourth-order valence-electron chi connectivity index (χ4n) is 9.72. The number of carbonyl (C=O) groups is 3. The highest BCUT2D eigenvalue weighted by atomic mass is 79.9. The second kappa shape index (κ2) is 28.0. The van der Waals surface area contributed by atoms with Gasteiger partial charge in [0.25, 0.3) is 11.1 Å². The smallest absolute Gasteiger partial charge is 0.316 e. The van der Waals surface area contributed by atoms with Crippen molar-refractivity contribution >= 4 is 66.5 Å². The summed E-state index contributed by atoms with van der Waals surface area (Å²) in [5.41, 5.74) is 13.7. The van der Waals surface area contributed by atoms with Gasteiger partial charge in [0, 0.05) is 75.9 Å². The first-order chi connectivity index (χ1) is 38.3. The molecule has 0 spiro atoms. The molecule has 7 heterocycles. The van der Waals surface area contributed by atoms with Crippen molar-refractivity contribution in [1.82, 2.24) is 33.7 Å². The maximum absolute atomic E-state index is 12.8. The molecule has 1 unspecified atom stereocenters. The third-order valence-electron chi connectivity index (χ3n) is 14.8.